The molecule has 0 spiro atoms. The Morgan fingerprint density at radius 3 is 2.71 bits per heavy atom. The average Bonchev–Trinajstić information content (AvgIpc) is 2.30. The van der Waals surface area contributed by atoms with E-state index < -0.39 is 12.4 Å². The molecule has 0 aromatic carbocycles. The third-order valence-electron chi connectivity index (χ3n) is 2.24. The maximum atomic E-state index is 12.7. The number of nitrogens with two attached hydrogens (primary N) is 2. The van der Waals surface area contributed by atoms with Gasteiger partial charge in [0.2, 0.25) is 0 Å². The first-order chi connectivity index (χ1) is 7.99. The van der Waals surface area contributed by atoms with Crippen LogP contribution in [0.4, 0.5) is 14.6 Å². The predicted molar refractivity (Wildman–Crippen MR) is 57.2 cm³/mol. The molecule has 94 valence electrons. The number of methoxy groups -OCH3 is 1. The Labute approximate surface area is 96.8 Å². The third-order valence-corrected chi connectivity index (χ3v) is 2.24. The standard InChI is InChI=1S/C10H13F2N3O2/c1-17-8(16)3-5-2-6(9(11)12)7(4-13)15-10(5)14/h2,9H,3-4,13H2,1H3,(H2,14,15). The van der Waals surface area contributed by atoms with Crippen LogP contribution in [-0.4, -0.2) is 18.1 Å². The number of alkyl halides is 2. The Hall–Kier alpha value is -1.76. The summed E-state index contributed by atoms with van der Waals surface area (Å²) in [6.07, 6.45) is -2.90. The zero-order valence-corrected chi connectivity index (χ0v) is 9.24. The predicted octanol–water partition coefficient (Wildman–Crippen LogP) is 0.776. The van der Waals surface area contributed by atoms with Gasteiger partial charge >= 0.3 is 5.97 Å². The van der Waals surface area contributed by atoms with E-state index in [0.717, 1.165) is 6.07 Å². The number of hydrogen-bond donors (Lipinski definition) is 2. The van der Waals surface area contributed by atoms with Gasteiger partial charge in [0.25, 0.3) is 6.43 Å². The molecule has 1 aromatic rings. The molecule has 0 saturated carbocycles. The largest absolute Gasteiger partial charge is 0.469 e. The maximum absolute atomic E-state index is 12.7. The van der Waals surface area contributed by atoms with Gasteiger partial charge in [0.15, 0.2) is 0 Å². The lowest BCUT2D eigenvalue weighted by Gasteiger charge is -2.11. The van der Waals surface area contributed by atoms with E-state index in [9.17, 15) is 13.6 Å². The van der Waals surface area contributed by atoms with Crippen LogP contribution in [0, 0.1) is 0 Å². The van der Waals surface area contributed by atoms with E-state index >= 15 is 0 Å². The number of anilines is 1. The van der Waals surface area contributed by atoms with Gasteiger partial charge in [-0.05, 0) is 6.07 Å². The lowest BCUT2D eigenvalue weighted by Crippen LogP contribution is -2.13. The van der Waals surface area contributed by atoms with Crippen molar-refractivity contribution in [3.63, 3.8) is 0 Å². The van der Waals surface area contributed by atoms with Gasteiger partial charge in [-0.2, -0.15) is 0 Å². The quantitative estimate of drug-likeness (QED) is 0.765. The van der Waals surface area contributed by atoms with Gasteiger partial charge in [-0.25, -0.2) is 13.8 Å². The van der Waals surface area contributed by atoms with Crippen molar-refractivity contribution in [1.29, 1.82) is 0 Å². The minimum atomic E-state index is -2.71. The Balaban J connectivity index is 3.15. The molecule has 0 atom stereocenters. The fourth-order valence-corrected chi connectivity index (χ4v) is 1.35. The molecule has 1 aromatic heterocycles. The number of ether oxygens (including phenoxy) is 1. The first kappa shape index (κ1) is 13.3. The van der Waals surface area contributed by atoms with Gasteiger partial charge in [-0.1, -0.05) is 0 Å². The van der Waals surface area contributed by atoms with Gasteiger partial charge in [-0.3, -0.25) is 4.79 Å². The fraction of sp³-hybridized carbons (Fsp3) is 0.400. The van der Waals surface area contributed by atoms with Crippen molar-refractivity contribution in [3.05, 3.63) is 22.9 Å². The van der Waals surface area contributed by atoms with Crippen LogP contribution >= 0.6 is 0 Å². The van der Waals surface area contributed by atoms with Crippen LogP contribution in [0.2, 0.25) is 0 Å². The Kier molecular flexibility index (Phi) is 4.33. The lowest BCUT2D eigenvalue weighted by molar-refractivity contribution is -0.139. The molecule has 1 heterocycles. The van der Waals surface area contributed by atoms with Crippen molar-refractivity contribution in [2.45, 2.75) is 19.4 Å². The van der Waals surface area contributed by atoms with Crippen LogP contribution < -0.4 is 11.5 Å². The maximum Gasteiger partial charge on any atom is 0.310 e. The average molecular weight is 245 g/mol. The summed E-state index contributed by atoms with van der Waals surface area (Å²) < 4.78 is 29.8. The highest BCUT2D eigenvalue weighted by molar-refractivity contribution is 5.74. The molecule has 0 fully saturated rings. The molecule has 0 bridgehead atoms. The van der Waals surface area contributed by atoms with E-state index in [0.29, 0.717) is 0 Å². The summed E-state index contributed by atoms with van der Waals surface area (Å²) >= 11 is 0. The van der Waals surface area contributed by atoms with E-state index in [4.69, 9.17) is 11.5 Å². The Morgan fingerprint density at radius 1 is 1.59 bits per heavy atom. The molecule has 0 radical (unpaired) electrons. The summed E-state index contributed by atoms with van der Waals surface area (Å²) in [5, 5.41) is 0. The van der Waals surface area contributed by atoms with Gasteiger partial charge in [0, 0.05) is 17.7 Å². The Bertz CT molecular complexity index is 424. The number of hydrogen-bond acceptors (Lipinski definition) is 5. The topological polar surface area (TPSA) is 91.2 Å². The molecule has 1 rings (SSSR count). The molecule has 5 nitrogen and oxygen atoms in total. The van der Waals surface area contributed by atoms with Crippen LogP contribution in [0.3, 0.4) is 0 Å². The molecule has 0 unspecified atom stereocenters. The highest BCUT2D eigenvalue weighted by Crippen LogP contribution is 2.25. The molecule has 0 aliphatic heterocycles. The van der Waals surface area contributed by atoms with Crippen molar-refractivity contribution < 1.29 is 18.3 Å². The summed E-state index contributed by atoms with van der Waals surface area (Å²) in [7, 11) is 1.20. The van der Waals surface area contributed by atoms with Crippen molar-refractivity contribution in [2.24, 2.45) is 5.73 Å². The third kappa shape index (κ3) is 3.10. The normalized spacial score (nSPS) is 10.6. The van der Waals surface area contributed by atoms with Gasteiger partial charge < -0.3 is 16.2 Å². The number of carbonyl (C=O) groups is 1. The summed E-state index contributed by atoms with van der Waals surface area (Å²) in [5.41, 5.74) is 10.8. The van der Waals surface area contributed by atoms with E-state index in [1.165, 1.54) is 7.11 Å². The molecule has 0 saturated heterocycles. The molecule has 4 N–H and O–H groups in total. The lowest BCUT2D eigenvalue weighted by atomic mass is 10.1. The van der Waals surface area contributed by atoms with Gasteiger partial charge in [0.1, 0.15) is 5.82 Å². The van der Waals surface area contributed by atoms with Crippen LogP contribution in [0.25, 0.3) is 0 Å². The molecular formula is C10H13F2N3O2. The van der Waals surface area contributed by atoms with E-state index in [-0.39, 0.29) is 35.6 Å². The van der Waals surface area contributed by atoms with Crippen molar-refractivity contribution in [1.82, 2.24) is 4.98 Å². The number of aromatic nitrogens is 1. The Morgan fingerprint density at radius 2 is 2.24 bits per heavy atom. The number of pyridine rings is 1. The van der Waals surface area contributed by atoms with Crippen LogP contribution in [0.15, 0.2) is 6.07 Å². The van der Waals surface area contributed by atoms with Crippen molar-refractivity contribution in [3.8, 4) is 0 Å². The van der Waals surface area contributed by atoms with Crippen LogP contribution in [0.1, 0.15) is 23.2 Å². The molecule has 7 heteroatoms. The SMILES string of the molecule is COC(=O)Cc1cc(C(F)F)c(CN)nc1N. The number of rotatable bonds is 4. The number of nitrogen functional groups attached to an aromatic ring is 1. The van der Waals surface area contributed by atoms with E-state index in [1.807, 2.05) is 0 Å². The van der Waals surface area contributed by atoms with Crippen LogP contribution in [0.5, 0.6) is 0 Å². The van der Waals surface area contributed by atoms with Crippen molar-refractivity contribution >= 4 is 11.8 Å². The van der Waals surface area contributed by atoms with Crippen LogP contribution in [-0.2, 0) is 22.5 Å². The number of carbonyl (C=O) groups excluding carboxylic acids is 1. The number of nitrogens with zero attached hydrogens (tertiary/aromatic N) is 1. The summed E-state index contributed by atoms with van der Waals surface area (Å²) in [5.74, 6) is -0.556. The monoisotopic (exact) mass is 245 g/mol. The fourth-order valence-electron chi connectivity index (χ4n) is 1.35. The second-order valence-electron chi connectivity index (χ2n) is 3.33. The summed E-state index contributed by atoms with van der Waals surface area (Å²) in [6, 6.07) is 1.14. The molecular weight excluding hydrogens is 232 g/mol. The smallest absolute Gasteiger partial charge is 0.310 e. The van der Waals surface area contributed by atoms with Gasteiger partial charge in [-0.15, -0.1) is 0 Å². The second-order valence-corrected chi connectivity index (χ2v) is 3.33. The number of esters is 1. The molecule has 17 heavy (non-hydrogen) atoms. The highest BCUT2D eigenvalue weighted by atomic mass is 19.3. The highest BCUT2D eigenvalue weighted by Gasteiger charge is 2.18. The summed E-state index contributed by atoms with van der Waals surface area (Å²) in [6.45, 7) is -0.137. The van der Waals surface area contributed by atoms with Crippen molar-refractivity contribution in [2.75, 3.05) is 12.8 Å². The van der Waals surface area contributed by atoms with Gasteiger partial charge in [0.05, 0.1) is 19.2 Å². The first-order valence-electron chi connectivity index (χ1n) is 4.82. The minimum absolute atomic E-state index is 0.0141. The van der Waals surface area contributed by atoms with E-state index in [1.54, 1.807) is 0 Å². The first-order valence-corrected chi connectivity index (χ1v) is 4.82. The zero-order chi connectivity index (χ0) is 13.0. The summed E-state index contributed by atoms with van der Waals surface area (Å²) in [4.78, 5) is 14.8. The molecule has 0 aliphatic carbocycles. The second kappa shape index (κ2) is 5.53. The molecule has 0 aliphatic rings. The minimum Gasteiger partial charge on any atom is -0.469 e. The number of halogens is 2. The van der Waals surface area contributed by atoms with E-state index in [2.05, 4.69) is 9.72 Å². The molecule has 0 amide bonds. The zero-order valence-electron chi connectivity index (χ0n) is 9.24.